The smallest absolute Gasteiger partial charge is 0.264 e. The van der Waals surface area contributed by atoms with Gasteiger partial charge in [-0.15, -0.1) is 0 Å². The lowest BCUT2D eigenvalue weighted by molar-refractivity contribution is -0.128. The van der Waals surface area contributed by atoms with Crippen molar-refractivity contribution in [2.45, 2.75) is 25.9 Å². The standard InChI is InChI=1S/C16H17ClN2O2/c1-2-12(11-18)16(20)19-9-7-15(8-10-19)21-14-5-3-13(17)4-6-14/h2-6,15H,7-10H2,1H3/b12-2+. The van der Waals surface area contributed by atoms with Gasteiger partial charge in [-0.1, -0.05) is 17.7 Å². The zero-order valence-electron chi connectivity index (χ0n) is 11.9. The van der Waals surface area contributed by atoms with Crippen LogP contribution in [0.1, 0.15) is 19.8 Å². The minimum atomic E-state index is -0.190. The number of piperidine rings is 1. The SMILES string of the molecule is C/C=C(\C#N)C(=O)N1CCC(Oc2ccc(Cl)cc2)CC1. The Bertz CT molecular complexity index is 567. The van der Waals surface area contributed by atoms with Crippen LogP contribution in [0.25, 0.3) is 0 Å². The Morgan fingerprint density at radius 3 is 2.52 bits per heavy atom. The molecular weight excluding hydrogens is 288 g/mol. The molecule has 110 valence electrons. The molecule has 0 saturated carbocycles. The molecule has 1 aromatic carbocycles. The number of rotatable bonds is 3. The highest BCUT2D eigenvalue weighted by molar-refractivity contribution is 6.30. The fourth-order valence-electron chi connectivity index (χ4n) is 2.29. The minimum absolute atomic E-state index is 0.0892. The molecule has 0 aromatic heterocycles. The van der Waals surface area contributed by atoms with Crippen LogP contribution in [0.2, 0.25) is 5.02 Å². The summed E-state index contributed by atoms with van der Waals surface area (Å²) >= 11 is 5.83. The molecule has 2 rings (SSSR count). The number of carbonyl (C=O) groups is 1. The van der Waals surface area contributed by atoms with Crippen molar-refractivity contribution in [3.05, 3.63) is 40.9 Å². The molecule has 0 unspecified atom stereocenters. The molecule has 21 heavy (non-hydrogen) atoms. The van der Waals surface area contributed by atoms with Crippen molar-refractivity contribution < 1.29 is 9.53 Å². The molecule has 1 aliphatic rings. The third-order valence-corrected chi connectivity index (χ3v) is 3.74. The Morgan fingerprint density at radius 2 is 2.00 bits per heavy atom. The quantitative estimate of drug-likeness (QED) is 0.636. The van der Waals surface area contributed by atoms with Gasteiger partial charge >= 0.3 is 0 Å². The second-order valence-electron chi connectivity index (χ2n) is 4.88. The molecule has 0 bridgehead atoms. The van der Waals surface area contributed by atoms with Crippen molar-refractivity contribution in [3.8, 4) is 11.8 Å². The maximum absolute atomic E-state index is 12.0. The molecule has 0 spiro atoms. The van der Waals surface area contributed by atoms with Crippen LogP contribution in [0.3, 0.4) is 0 Å². The van der Waals surface area contributed by atoms with Gasteiger partial charge in [-0.3, -0.25) is 4.79 Å². The number of hydrogen-bond acceptors (Lipinski definition) is 3. The summed E-state index contributed by atoms with van der Waals surface area (Å²) in [7, 11) is 0. The molecule has 1 saturated heterocycles. The maximum Gasteiger partial charge on any atom is 0.264 e. The highest BCUT2D eigenvalue weighted by atomic mass is 35.5. The Balaban J connectivity index is 1.87. The van der Waals surface area contributed by atoms with Crippen molar-refractivity contribution in [1.29, 1.82) is 5.26 Å². The second-order valence-corrected chi connectivity index (χ2v) is 5.31. The van der Waals surface area contributed by atoms with Gasteiger partial charge in [0.25, 0.3) is 5.91 Å². The predicted octanol–water partition coefficient (Wildman–Crippen LogP) is 3.18. The second kappa shape index (κ2) is 7.14. The molecule has 0 radical (unpaired) electrons. The summed E-state index contributed by atoms with van der Waals surface area (Å²) in [6, 6.07) is 9.20. The van der Waals surface area contributed by atoms with Crippen LogP contribution < -0.4 is 4.74 Å². The lowest BCUT2D eigenvalue weighted by atomic mass is 10.1. The highest BCUT2D eigenvalue weighted by Gasteiger charge is 2.25. The average molecular weight is 305 g/mol. The summed E-state index contributed by atoms with van der Waals surface area (Å²) in [5.74, 6) is 0.597. The number of nitrogens with zero attached hydrogens (tertiary/aromatic N) is 2. The zero-order chi connectivity index (χ0) is 15.2. The molecule has 0 aliphatic carbocycles. The van der Waals surface area contributed by atoms with Crippen molar-refractivity contribution in [2.24, 2.45) is 0 Å². The van der Waals surface area contributed by atoms with Crippen LogP contribution in [-0.4, -0.2) is 30.0 Å². The van der Waals surface area contributed by atoms with E-state index in [4.69, 9.17) is 21.6 Å². The number of ether oxygens (including phenoxy) is 1. The number of amides is 1. The van der Waals surface area contributed by atoms with Gasteiger partial charge in [0.05, 0.1) is 0 Å². The summed E-state index contributed by atoms with van der Waals surface area (Å²) in [5, 5.41) is 9.57. The lowest BCUT2D eigenvalue weighted by Crippen LogP contribution is -2.42. The normalized spacial score (nSPS) is 16.4. The number of likely N-dealkylation sites (tertiary alicyclic amines) is 1. The highest BCUT2D eigenvalue weighted by Crippen LogP contribution is 2.21. The molecule has 1 aliphatic heterocycles. The summed E-state index contributed by atoms with van der Waals surface area (Å²) < 4.78 is 5.88. The zero-order valence-corrected chi connectivity index (χ0v) is 12.6. The first-order valence-electron chi connectivity index (χ1n) is 6.92. The van der Waals surface area contributed by atoms with Gasteiger partial charge in [-0.25, -0.2) is 0 Å². The number of allylic oxidation sites excluding steroid dienone is 1. The molecule has 0 N–H and O–H groups in total. The van der Waals surface area contributed by atoms with E-state index < -0.39 is 0 Å². The summed E-state index contributed by atoms with van der Waals surface area (Å²) in [6.07, 6.45) is 3.16. The third-order valence-electron chi connectivity index (χ3n) is 3.49. The number of halogens is 1. The molecule has 1 aromatic rings. The van der Waals surface area contributed by atoms with E-state index in [-0.39, 0.29) is 17.6 Å². The van der Waals surface area contributed by atoms with E-state index in [9.17, 15) is 4.79 Å². The van der Waals surface area contributed by atoms with Crippen molar-refractivity contribution >= 4 is 17.5 Å². The molecular formula is C16H17ClN2O2. The van der Waals surface area contributed by atoms with Crippen LogP contribution in [0, 0.1) is 11.3 Å². The number of hydrogen-bond donors (Lipinski definition) is 0. The van der Waals surface area contributed by atoms with Gasteiger partial charge < -0.3 is 9.64 Å². The summed E-state index contributed by atoms with van der Waals surface area (Å²) in [4.78, 5) is 13.8. The third kappa shape index (κ3) is 3.99. The topological polar surface area (TPSA) is 53.3 Å². The first kappa shape index (κ1) is 15.4. The lowest BCUT2D eigenvalue weighted by Gasteiger charge is -2.32. The van der Waals surface area contributed by atoms with Crippen LogP contribution in [0.15, 0.2) is 35.9 Å². The van der Waals surface area contributed by atoms with E-state index in [1.54, 1.807) is 30.0 Å². The largest absolute Gasteiger partial charge is 0.490 e. The first-order chi connectivity index (χ1) is 10.1. The Kier molecular flexibility index (Phi) is 5.24. The fourth-order valence-corrected chi connectivity index (χ4v) is 2.41. The van der Waals surface area contributed by atoms with E-state index in [1.165, 1.54) is 0 Å². The first-order valence-corrected chi connectivity index (χ1v) is 7.29. The maximum atomic E-state index is 12.0. The Morgan fingerprint density at radius 1 is 1.38 bits per heavy atom. The monoisotopic (exact) mass is 304 g/mol. The average Bonchev–Trinajstić information content (AvgIpc) is 2.51. The van der Waals surface area contributed by atoms with Gasteiger partial charge in [0, 0.05) is 31.0 Å². The van der Waals surface area contributed by atoms with Gasteiger partial charge in [0.2, 0.25) is 0 Å². The predicted molar refractivity (Wildman–Crippen MR) is 81.1 cm³/mol. The van der Waals surface area contributed by atoms with Gasteiger partial charge in [-0.2, -0.15) is 5.26 Å². The van der Waals surface area contributed by atoms with Crippen LogP contribution in [-0.2, 0) is 4.79 Å². The summed E-state index contributed by atoms with van der Waals surface area (Å²) in [5.41, 5.74) is 0.201. The fraction of sp³-hybridized carbons (Fsp3) is 0.375. The van der Waals surface area contributed by atoms with E-state index in [0.717, 1.165) is 18.6 Å². The van der Waals surface area contributed by atoms with Gasteiger partial charge in [0.1, 0.15) is 23.5 Å². The number of nitriles is 1. The van der Waals surface area contributed by atoms with Crippen LogP contribution >= 0.6 is 11.6 Å². The van der Waals surface area contributed by atoms with E-state index in [2.05, 4.69) is 0 Å². The number of carbonyl (C=O) groups excluding carboxylic acids is 1. The van der Waals surface area contributed by atoms with Gasteiger partial charge in [-0.05, 0) is 31.2 Å². The van der Waals surface area contributed by atoms with Crippen LogP contribution in [0.5, 0.6) is 5.75 Å². The molecule has 1 heterocycles. The molecule has 1 amide bonds. The van der Waals surface area contributed by atoms with Crippen molar-refractivity contribution in [1.82, 2.24) is 4.90 Å². The van der Waals surface area contributed by atoms with E-state index >= 15 is 0 Å². The molecule has 5 heteroatoms. The van der Waals surface area contributed by atoms with Gasteiger partial charge in [0.15, 0.2) is 0 Å². The minimum Gasteiger partial charge on any atom is -0.490 e. The molecule has 0 atom stereocenters. The Hall–Kier alpha value is -1.99. The summed E-state index contributed by atoms with van der Waals surface area (Å²) in [6.45, 7) is 2.92. The number of benzene rings is 1. The molecule has 4 nitrogen and oxygen atoms in total. The van der Waals surface area contributed by atoms with Crippen molar-refractivity contribution in [2.75, 3.05) is 13.1 Å². The van der Waals surface area contributed by atoms with Crippen molar-refractivity contribution in [3.63, 3.8) is 0 Å². The molecule has 1 fully saturated rings. The van der Waals surface area contributed by atoms with E-state index in [1.807, 2.05) is 18.2 Å². The van der Waals surface area contributed by atoms with Crippen LogP contribution in [0.4, 0.5) is 0 Å². The van der Waals surface area contributed by atoms with E-state index in [0.29, 0.717) is 18.1 Å². The Labute approximate surface area is 129 Å².